The zero-order chi connectivity index (χ0) is 14.5. The third kappa shape index (κ3) is 3.81. The fourth-order valence-corrected chi connectivity index (χ4v) is 4.12. The molecule has 1 aromatic carbocycles. The van der Waals surface area contributed by atoms with E-state index in [4.69, 9.17) is 5.73 Å². The molecule has 2 atom stereocenters. The highest BCUT2D eigenvalue weighted by molar-refractivity contribution is 8.01. The van der Waals surface area contributed by atoms with Crippen molar-refractivity contribution < 1.29 is 0 Å². The van der Waals surface area contributed by atoms with Gasteiger partial charge in [0.05, 0.1) is 5.25 Å². The van der Waals surface area contributed by atoms with Gasteiger partial charge in [0.1, 0.15) is 5.82 Å². The van der Waals surface area contributed by atoms with Crippen LogP contribution >= 0.6 is 23.3 Å². The van der Waals surface area contributed by atoms with E-state index in [1.807, 2.05) is 0 Å². The van der Waals surface area contributed by atoms with Gasteiger partial charge in [-0.15, -0.1) is 0 Å². The molecular weight excluding hydrogens is 286 g/mol. The molecule has 0 amide bonds. The number of benzene rings is 1. The Balaban J connectivity index is 2.23. The minimum atomic E-state index is 0.121. The number of aryl methyl sites for hydroxylation is 2. The summed E-state index contributed by atoms with van der Waals surface area (Å²) in [4.78, 5) is 4.55. The van der Waals surface area contributed by atoms with E-state index in [1.54, 1.807) is 11.8 Å². The Morgan fingerprint density at radius 1 is 1.35 bits per heavy atom. The summed E-state index contributed by atoms with van der Waals surface area (Å²) in [5, 5.41) is 0.234. The number of thioether (sulfide) groups is 1. The van der Waals surface area contributed by atoms with Crippen molar-refractivity contribution in [1.82, 2.24) is 9.36 Å². The van der Waals surface area contributed by atoms with Crippen molar-refractivity contribution in [3.8, 4) is 0 Å². The average Bonchev–Trinajstić information content (AvgIpc) is 2.91. The molecule has 5 heteroatoms. The summed E-state index contributed by atoms with van der Waals surface area (Å²) in [7, 11) is 0. The van der Waals surface area contributed by atoms with Gasteiger partial charge in [0.25, 0.3) is 0 Å². The monoisotopic (exact) mass is 307 g/mol. The molecule has 3 nitrogen and oxygen atoms in total. The molecule has 0 bridgehead atoms. The fraction of sp³-hybridized carbons (Fsp3) is 0.467. The summed E-state index contributed by atoms with van der Waals surface area (Å²) in [5.74, 6) is 0.922. The number of rotatable bonds is 6. The Morgan fingerprint density at radius 3 is 2.75 bits per heavy atom. The van der Waals surface area contributed by atoms with Crippen LogP contribution < -0.4 is 5.73 Å². The maximum atomic E-state index is 6.32. The number of hydrogen-bond acceptors (Lipinski definition) is 5. The van der Waals surface area contributed by atoms with Gasteiger partial charge in [-0.05, 0) is 30.4 Å². The molecule has 0 radical (unpaired) electrons. The van der Waals surface area contributed by atoms with E-state index >= 15 is 0 Å². The number of aromatic nitrogens is 2. The first kappa shape index (κ1) is 15.5. The third-order valence-electron chi connectivity index (χ3n) is 3.22. The first-order chi connectivity index (χ1) is 9.63. The van der Waals surface area contributed by atoms with Gasteiger partial charge in [-0.1, -0.05) is 55.4 Å². The van der Waals surface area contributed by atoms with Crippen LogP contribution in [0.4, 0.5) is 0 Å². The minimum absolute atomic E-state index is 0.121. The Hall–Kier alpha value is -0.910. The minimum Gasteiger partial charge on any atom is -0.326 e. The molecule has 108 valence electrons. The molecule has 2 unspecified atom stereocenters. The molecule has 2 rings (SSSR count). The lowest BCUT2D eigenvalue weighted by molar-refractivity contribution is 0.634. The van der Waals surface area contributed by atoms with E-state index in [9.17, 15) is 0 Å². The second-order valence-electron chi connectivity index (χ2n) is 4.85. The molecular formula is C15H21N3S2. The maximum absolute atomic E-state index is 6.32. The summed E-state index contributed by atoms with van der Waals surface area (Å²) in [6, 6.07) is 8.70. The summed E-state index contributed by atoms with van der Waals surface area (Å²) in [6.45, 7) is 6.32. The van der Waals surface area contributed by atoms with Crippen molar-refractivity contribution in [3.63, 3.8) is 0 Å². The molecule has 2 N–H and O–H groups in total. The molecule has 0 fully saturated rings. The zero-order valence-corrected chi connectivity index (χ0v) is 13.8. The molecule has 20 heavy (non-hydrogen) atoms. The van der Waals surface area contributed by atoms with Crippen LogP contribution in [-0.4, -0.2) is 15.4 Å². The Labute approximate surface area is 129 Å². The van der Waals surface area contributed by atoms with Crippen molar-refractivity contribution in [2.75, 3.05) is 0 Å². The molecule has 0 aliphatic rings. The highest BCUT2D eigenvalue weighted by Crippen LogP contribution is 2.39. The van der Waals surface area contributed by atoms with Crippen LogP contribution in [0, 0.1) is 6.92 Å². The molecule has 0 aliphatic heterocycles. The maximum Gasteiger partial charge on any atom is 0.170 e. The van der Waals surface area contributed by atoms with E-state index in [0.29, 0.717) is 0 Å². The Bertz CT molecular complexity index is 554. The van der Waals surface area contributed by atoms with Crippen LogP contribution in [0.5, 0.6) is 0 Å². The molecule has 0 saturated carbocycles. The number of hydrogen-bond donors (Lipinski definition) is 1. The fourth-order valence-electron chi connectivity index (χ4n) is 2.00. The SMILES string of the molecule is CCc1nsc(SC(c2cccc(C)c2)C(N)CC)n1. The topological polar surface area (TPSA) is 51.8 Å². The van der Waals surface area contributed by atoms with E-state index < -0.39 is 0 Å². The molecule has 2 aromatic rings. The molecule has 0 aliphatic carbocycles. The lowest BCUT2D eigenvalue weighted by Crippen LogP contribution is -2.25. The standard InChI is InChI=1S/C15H21N3S2/c1-4-12(16)14(11-8-6-7-10(3)9-11)19-15-17-13(5-2)18-20-15/h6-9,12,14H,4-5,16H2,1-3H3. The first-order valence-corrected chi connectivity index (χ1v) is 8.60. The second kappa shape index (κ2) is 7.20. The van der Waals surface area contributed by atoms with Crippen LogP contribution in [0.3, 0.4) is 0 Å². The lowest BCUT2D eigenvalue weighted by atomic mass is 10.0. The van der Waals surface area contributed by atoms with Crippen molar-refractivity contribution in [3.05, 3.63) is 41.2 Å². The predicted molar refractivity (Wildman–Crippen MR) is 87.3 cm³/mol. The zero-order valence-electron chi connectivity index (χ0n) is 12.2. The Morgan fingerprint density at radius 2 is 2.15 bits per heavy atom. The summed E-state index contributed by atoms with van der Waals surface area (Å²) in [6.07, 6.45) is 1.83. The van der Waals surface area contributed by atoms with Gasteiger partial charge in [-0.3, -0.25) is 0 Å². The van der Waals surface area contributed by atoms with Gasteiger partial charge in [0.15, 0.2) is 4.34 Å². The van der Waals surface area contributed by atoms with E-state index in [2.05, 4.69) is 54.4 Å². The quantitative estimate of drug-likeness (QED) is 0.820. The van der Waals surface area contributed by atoms with Crippen LogP contribution in [-0.2, 0) is 6.42 Å². The summed E-state index contributed by atoms with van der Waals surface area (Å²) < 4.78 is 5.36. The summed E-state index contributed by atoms with van der Waals surface area (Å²) >= 11 is 3.21. The smallest absolute Gasteiger partial charge is 0.170 e. The van der Waals surface area contributed by atoms with Gasteiger partial charge in [-0.25, -0.2) is 4.98 Å². The van der Waals surface area contributed by atoms with Gasteiger partial charge >= 0.3 is 0 Å². The van der Waals surface area contributed by atoms with Crippen molar-refractivity contribution in [2.24, 2.45) is 5.73 Å². The van der Waals surface area contributed by atoms with Crippen molar-refractivity contribution in [2.45, 2.75) is 49.2 Å². The van der Waals surface area contributed by atoms with Crippen LogP contribution in [0.15, 0.2) is 28.6 Å². The molecule has 1 heterocycles. The second-order valence-corrected chi connectivity index (χ2v) is 7.00. The van der Waals surface area contributed by atoms with Gasteiger partial charge in [-0.2, -0.15) is 4.37 Å². The van der Waals surface area contributed by atoms with Crippen molar-refractivity contribution in [1.29, 1.82) is 0 Å². The predicted octanol–water partition coefficient (Wildman–Crippen LogP) is 3.98. The van der Waals surface area contributed by atoms with Gasteiger partial charge in [0.2, 0.25) is 0 Å². The molecule has 1 aromatic heterocycles. The van der Waals surface area contributed by atoms with E-state index in [0.717, 1.165) is 23.0 Å². The third-order valence-corrected chi connectivity index (χ3v) is 5.45. The molecule has 0 spiro atoms. The highest BCUT2D eigenvalue weighted by Gasteiger charge is 2.21. The van der Waals surface area contributed by atoms with Gasteiger partial charge in [0, 0.05) is 12.5 Å². The number of nitrogens with two attached hydrogens (primary N) is 1. The first-order valence-electron chi connectivity index (χ1n) is 6.95. The van der Waals surface area contributed by atoms with Crippen LogP contribution in [0.2, 0.25) is 0 Å². The van der Waals surface area contributed by atoms with Crippen LogP contribution in [0.1, 0.15) is 42.5 Å². The summed E-state index contributed by atoms with van der Waals surface area (Å²) in [5.41, 5.74) is 8.86. The van der Waals surface area contributed by atoms with E-state index in [-0.39, 0.29) is 11.3 Å². The Kier molecular flexibility index (Phi) is 5.57. The number of nitrogens with zero attached hydrogens (tertiary/aromatic N) is 2. The van der Waals surface area contributed by atoms with Gasteiger partial charge < -0.3 is 5.73 Å². The molecule has 0 saturated heterocycles. The average molecular weight is 307 g/mol. The van der Waals surface area contributed by atoms with Crippen molar-refractivity contribution >= 4 is 23.3 Å². The van der Waals surface area contributed by atoms with E-state index in [1.165, 1.54) is 22.7 Å². The normalized spacial score (nSPS) is 14.2. The highest BCUT2D eigenvalue weighted by atomic mass is 32.2. The largest absolute Gasteiger partial charge is 0.326 e. The van der Waals surface area contributed by atoms with Crippen LogP contribution in [0.25, 0.3) is 0 Å². The lowest BCUT2D eigenvalue weighted by Gasteiger charge is -2.22.